The summed E-state index contributed by atoms with van der Waals surface area (Å²) in [4.78, 5) is 21.6. The maximum Gasteiger partial charge on any atom is 0.469 e. The molecule has 0 saturated carbocycles. The highest BCUT2D eigenvalue weighted by atomic mass is 32.1. The highest BCUT2D eigenvalue weighted by molar-refractivity contribution is 7.46. The Kier molecular flexibility index (Phi) is 4.44. The third-order valence-corrected chi connectivity index (χ3v) is 2.57. The van der Waals surface area contributed by atoms with Crippen LogP contribution in [-0.2, 0) is 9.09 Å². The average molecular weight is 235 g/mol. The Morgan fingerprint density at radius 1 is 1.64 bits per heavy atom. The largest absolute Gasteiger partial charge is 0.469 e. The van der Waals surface area contributed by atoms with Gasteiger partial charge in [-0.1, -0.05) is 6.07 Å². The molecule has 0 saturated heterocycles. The van der Waals surface area contributed by atoms with E-state index in [0.29, 0.717) is 0 Å². The fourth-order valence-electron chi connectivity index (χ4n) is 0.732. The molecule has 0 fully saturated rings. The summed E-state index contributed by atoms with van der Waals surface area (Å²) in [5, 5.41) is 1.92. The zero-order chi connectivity index (χ0) is 10.4. The SMILES string of the molecule is O=P(O)(O)OCCN=Cc1cccs1. The predicted octanol–water partition coefficient (Wildman–Crippen LogP) is 1.28. The first-order valence-electron chi connectivity index (χ1n) is 3.81. The number of hydrogen-bond donors (Lipinski definition) is 2. The molecule has 1 heterocycles. The zero-order valence-corrected chi connectivity index (χ0v) is 8.95. The molecule has 0 amide bonds. The number of rotatable bonds is 5. The Labute approximate surface area is 85.3 Å². The summed E-state index contributed by atoms with van der Waals surface area (Å²) >= 11 is 1.54. The van der Waals surface area contributed by atoms with Gasteiger partial charge >= 0.3 is 7.82 Å². The summed E-state index contributed by atoms with van der Waals surface area (Å²) in [5.41, 5.74) is 0. The van der Waals surface area contributed by atoms with Crippen LogP contribution in [0, 0.1) is 0 Å². The number of thiophene rings is 1. The molecule has 0 unspecified atom stereocenters. The fraction of sp³-hybridized carbons (Fsp3) is 0.286. The van der Waals surface area contributed by atoms with Gasteiger partial charge in [-0.05, 0) is 11.4 Å². The van der Waals surface area contributed by atoms with Gasteiger partial charge in [0, 0.05) is 11.1 Å². The van der Waals surface area contributed by atoms with Crippen LogP contribution in [0.4, 0.5) is 0 Å². The molecule has 1 aromatic heterocycles. The number of phosphoric ester groups is 1. The summed E-state index contributed by atoms with van der Waals surface area (Å²) < 4.78 is 14.5. The molecule has 0 atom stereocenters. The van der Waals surface area contributed by atoms with Gasteiger partial charge in [0.15, 0.2) is 0 Å². The molecule has 0 aliphatic heterocycles. The minimum absolute atomic E-state index is 0.0772. The van der Waals surface area contributed by atoms with E-state index in [-0.39, 0.29) is 13.2 Å². The fourth-order valence-corrected chi connectivity index (χ4v) is 1.66. The summed E-state index contributed by atoms with van der Waals surface area (Å²) in [6.45, 7) is 0.162. The minimum Gasteiger partial charge on any atom is -0.303 e. The molecule has 1 rings (SSSR count). The zero-order valence-electron chi connectivity index (χ0n) is 7.24. The van der Waals surface area contributed by atoms with Crippen molar-refractivity contribution in [2.45, 2.75) is 0 Å². The lowest BCUT2D eigenvalue weighted by atomic mass is 10.5. The minimum atomic E-state index is -4.34. The Balaban J connectivity index is 2.19. The van der Waals surface area contributed by atoms with Gasteiger partial charge in [0.25, 0.3) is 0 Å². The summed E-state index contributed by atoms with van der Waals surface area (Å²) in [5.74, 6) is 0. The smallest absolute Gasteiger partial charge is 0.303 e. The lowest BCUT2D eigenvalue weighted by Gasteiger charge is -2.01. The summed E-state index contributed by atoms with van der Waals surface area (Å²) in [6.07, 6.45) is 1.65. The maximum atomic E-state index is 10.2. The number of nitrogens with zero attached hydrogens (tertiary/aromatic N) is 1. The van der Waals surface area contributed by atoms with Crippen LogP contribution < -0.4 is 0 Å². The van der Waals surface area contributed by atoms with Gasteiger partial charge in [-0.15, -0.1) is 11.3 Å². The number of aliphatic imine (C=N–C) groups is 1. The molecule has 2 N–H and O–H groups in total. The van der Waals surface area contributed by atoms with Crippen LogP contribution >= 0.6 is 19.2 Å². The van der Waals surface area contributed by atoms with Crippen LogP contribution in [0.15, 0.2) is 22.5 Å². The average Bonchev–Trinajstić information content (AvgIpc) is 2.54. The molecule has 0 radical (unpaired) electrons. The summed E-state index contributed by atoms with van der Waals surface area (Å²) in [7, 11) is -4.34. The van der Waals surface area contributed by atoms with E-state index in [1.807, 2.05) is 17.5 Å². The molecule has 7 heteroatoms. The lowest BCUT2D eigenvalue weighted by Crippen LogP contribution is -1.95. The van der Waals surface area contributed by atoms with Gasteiger partial charge in [0.1, 0.15) is 0 Å². The number of phosphoric acid groups is 1. The van der Waals surface area contributed by atoms with Crippen molar-refractivity contribution in [1.29, 1.82) is 0 Å². The van der Waals surface area contributed by atoms with Crippen LogP contribution in [0.5, 0.6) is 0 Å². The van der Waals surface area contributed by atoms with Crippen LogP contribution in [0.2, 0.25) is 0 Å². The molecular formula is C7H10NO4PS. The van der Waals surface area contributed by atoms with Crippen LogP contribution in [-0.4, -0.2) is 29.2 Å². The molecule has 0 bridgehead atoms. The van der Waals surface area contributed by atoms with Crippen molar-refractivity contribution in [3.05, 3.63) is 22.4 Å². The third kappa shape index (κ3) is 5.26. The topological polar surface area (TPSA) is 79.1 Å². The van der Waals surface area contributed by atoms with E-state index in [1.54, 1.807) is 17.6 Å². The van der Waals surface area contributed by atoms with Gasteiger partial charge < -0.3 is 9.79 Å². The highest BCUT2D eigenvalue weighted by Crippen LogP contribution is 2.35. The molecular weight excluding hydrogens is 225 g/mol. The molecule has 0 aromatic carbocycles. The van der Waals surface area contributed by atoms with Crippen molar-refractivity contribution in [1.82, 2.24) is 0 Å². The van der Waals surface area contributed by atoms with E-state index in [2.05, 4.69) is 9.52 Å². The second-order valence-electron chi connectivity index (χ2n) is 2.37. The Hall–Kier alpha value is -0.520. The molecule has 0 spiro atoms. The van der Waals surface area contributed by atoms with Crippen molar-refractivity contribution in [3.8, 4) is 0 Å². The van der Waals surface area contributed by atoms with Crippen LogP contribution in [0.25, 0.3) is 0 Å². The van der Waals surface area contributed by atoms with Gasteiger partial charge in [-0.25, -0.2) is 4.57 Å². The van der Waals surface area contributed by atoms with Crippen molar-refractivity contribution in [2.24, 2.45) is 4.99 Å². The third-order valence-electron chi connectivity index (χ3n) is 1.24. The first kappa shape index (κ1) is 11.6. The van der Waals surface area contributed by atoms with Crippen LogP contribution in [0.3, 0.4) is 0 Å². The Bertz CT molecular complexity index is 331. The first-order valence-corrected chi connectivity index (χ1v) is 6.22. The standard InChI is InChI=1S/C7H10NO4PS/c9-13(10,11)12-4-3-8-6-7-2-1-5-14-7/h1-2,5-6H,3-4H2,(H2,9,10,11). The van der Waals surface area contributed by atoms with E-state index < -0.39 is 7.82 Å². The van der Waals surface area contributed by atoms with Crippen molar-refractivity contribution >= 4 is 25.4 Å². The highest BCUT2D eigenvalue weighted by Gasteiger charge is 2.11. The van der Waals surface area contributed by atoms with Crippen molar-refractivity contribution in [2.75, 3.05) is 13.2 Å². The van der Waals surface area contributed by atoms with E-state index in [4.69, 9.17) is 9.79 Å². The number of hydrogen-bond acceptors (Lipinski definition) is 4. The molecule has 14 heavy (non-hydrogen) atoms. The molecule has 5 nitrogen and oxygen atoms in total. The van der Waals surface area contributed by atoms with Crippen molar-refractivity contribution < 1.29 is 18.9 Å². The van der Waals surface area contributed by atoms with E-state index in [9.17, 15) is 4.57 Å². The molecule has 1 aromatic rings. The van der Waals surface area contributed by atoms with Gasteiger partial charge in [-0.3, -0.25) is 9.52 Å². The monoisotopic (exact) mass is 235 g/mol. The van der Waals surface area contributed by atoms with E-state index >= 15 is 0 Å². The first-order chi connectivity index (χ1) is 6.58. The van der Waals surface area contributed by atoms with Crippen molar-refractivity contribution in [3.63, 3.8) is 0 Å². The second kappa shape index (κ2) is 5.38. The Morgan fingerprint density at radius 2 is 2.43 bits per heavy atom. The second-order valence-corrected chi connectivity index (χ2v) is 4.59. The maximum absolute atomic E-state index is 10.2. The van der Waals surface area contributed by atoms with E-state index in [1.165, 1.54) is 0 Å². The Morgan fingerprint density at radius 3 is 3.00 bits per heavy atom. The molecule has 0 aliphatic rings. The predicted molar refractivity (Wildman–Crippen MR) is 54.8 cm³/mol. The van der Waals surface area contributed by atoms with Gasteiger partial charge in [-0.2, -0.15) is 0 Å². The van der Waals surface area contributed by atoms with Gasteiger partial charge in [0.05, 0.1) is 13.2 Å². The van der Waals surface area contributed by atoms with Gasteiger partial charge in [0.2, 0.25) is 0 Å². The van der Waals surface area contributed by atoms with Crippen LogP contribution in [0.1, 0.15) is 4.88 Å². The van der Waals surface area contributed by atoms with E-state index in [0.717, 1.165) is 4.88 Å². The normalized spacial score (nSPS) is 12.4. The molecule has 0 aliphatic carbocycles. The lowest BCUT2D eigenvalue weighted by molar-refractivity contribution is 0.202. The quantitative estimate of drug-likeness (QED) is 0.457. The molecule has 78 valence electrons. The summed E-state index contributed by atoms with van der Waals surface area (Å²) in [6, 6.07) is 3.80.